The molecule has 0 aliphatic carbocycles. The molecule has 2 N–H and O–H groups in total. The van der Waals surface area contributed by atoms with E-state index in [2.05, 4.69) is 48.5 Å². The van der Waals surface area contributed by atoms with Gasteiger partial charge in [-0.05, 0) is 18.4 Å². The van der Waals surface area contributed by atoms with Gasteiger partial charge in [0, 0.05) is 0 Å². The highest BCUT2D eigenvalue weighted by atomic mass is 14.5. The Morgan fingerprint density at radius 2 is 1.00 bits per heavy atom. The first kappa shape index (κ1) is 19.5. The van der Waals surface area contributed by atoms with Crippen LogP contribution < -0.4 is 5.73 Å². The van der Waals surface area contributed by atoms with Gasteiger partial charge in [0.15, 0.2) is 0 Å². The highest BCUT2D eigenvalue weighted by Crippen LogP contribution is 1.93. The van der Waals surface area contributed by atoms with Crippen molar-refractivity contribution in [1.29, 1.82) is 0 Å². The summed E-state index contributed by atoms with van der Waals surface area (Å²) in [6.45, 7) is 16.0. The third-order valence-electron chi connectivity index (χ3n) is 1.79. The van der Waals surface area contributed by atoms with Crippen molar-refractivity contribution in [3.8, 4) is 0 Å². The van der Waals surface area contributed by atoms with Crippen LogP contribution in [0.1, 0.15) is 67.7 Å². The Kier molecular flexibility index (Phi) is 26.1. The lowest BCUT2D eigenvalue weighted by Gasteiger charge is -1.91. The van der Waals surface area contributed by atoms with E-state index in [0.717, 1.165) is 12.5 Å². The zero-order chi connectivity index (χ0) is 12.0. The predicted octanol–water partition coefficient (Wildman–Crippen LogP) is 4.46. The van der Waals surface area contributed by atoms with Gasteiger partial charge in [0.25, 0.3) is 0 Å². The highest BCUT2D eigenvalue weighted by Gasteiger charge is 1.80. The molecule has 0 rings (SSSR count). The zero-order valence-corrected chi connectivity index (χ0v) is 11.6. The number of hydrogen-bond donors (Lipinski definition) is 1. The van der Waals surface area contributed by atoms with Crippen LogP contribution in [0.2, 0.25) is 0 Å². The van der Waals surface area contributed by atoms with E-state index >= 15 is 0 Å². The van der Waals surface area contributed by atoms with Crippen LogP contribution in [0.15, 0.2) is 0 Å². The minimum atomic E-state index is 0.662. The SMILES string of the molecule is CC(C)CN.CCC(C)C.CCCC. The molecule has 0 saturated heterocycles. The van der Waals surface area contributed by atoms with Gasteiger partial charge in [0.2, 0.25) is 0 Å². The molecule has 0 aromatic heterocycles. The average Bonchev–Trinajstić information content (AvgIpc) is 2.19. The zero-order valence-electron chi connectivity index (χ0n) is 11.6. The normalized spacial score (nSPS) is 9.00. The molecule has 1 heteroatoms. The lowest BCUT2D eigenvalue weighted by atomic mass is 10.2. The maximum absolute atomic E-state index is 5.17. The Hall–Kier alpha value is -0.0400. The van der Waals surface area contributed by atoms with E-state index in [1.165, 1.54) is 19.3 Å². The van der Waals surface area contributed by atoms with E-state index in [-0.39, 0.29) is 0 Å². The number of nitrogens with two attached hydrogens (primary N) is 1. The van der Waals surface area contributed by atoms with Gasteiger partial charge in [-0.15, -0.1) is 0 Å². The quantitative estimate of drug-likeness (QED) is 0.720. The summed E-state index contributed by atoms with van der Waals surface area (Å²) in [5.74, 6) is 1.55. The molecule has 0 atom stereocenters. The molecule has 0 bridgehead atoms. The van der Waals surface area contributed by atoms with E-state index in [0.29, 0.717) is 5.92 Å². The molecule has 0 aliphatic rings. The van der Waals surface area contributed by atoms with Crippen LogP contribution in [0.3, 0.4) is 0 Å². The number of unbranched alkanes of at least 4 members (excludes halogenated alkanes) is 1. The maximum atomic E-state index is 5.17. The van der Waals surface area contributed by atoms with Crippen LogP contribution in [-0.2, 0) is 0 Å². The second-order valence-corrected chi connectivity index (χ2v) is 4.43. The van der Waals surface area contributed by atoms with E-state index in [1.807, 2.05) is 0 Å². The summed E-state index contributed by atoms with van der Waals surface area (Å²) in [7, 11) is 0. The molecule has 0 fully saturated rings. The lowest BCUT2D eigenvalue weighted by Crippen LogP contribution is -2.05. The van der Waals surface area contributed by atoms with Gasteiger partial charge in [0.1, 0.15) is 0 Å². The molecule has 14 heavy (non-hydrogen) atoms. The third-order valence-corrected chi connectivity index (χ3v) is 1.79. The second kappa shape index (κ2) is 18.7. The molecule has 0 unspecified atom stereocenters. The molecule has 0 spiro atoms. The van der Waals surface area contributed by atoms with Crippen molar-refractivity contribution in [2.24, 2.45) is 17.6 Å². The number of hydrogen-bond acceptors (Lipinski definition) is 1. The molecule has 0 amide bonds. The molecular weight excluding hydrogens is 170 g/mol. The summed E-state index contributed by atoms with van der Waals surface area (Å²) in [6.07, 6.45) is 3.94. The fourth-order valence-corrected chi connectivity index (χ4v) is 0. The molecule has 90 valence electrons. The summed E-state index contributed by atoms with van der Waals surface area (Å²) in [6, 6.07) is 0. The smallest absolute Gasteiger partial charge is 0.00541 e. The van der Waals surface area contributed by atoms with Crippen LogP contribution in [-0.4, -0.2) is 6.54 Å². The first-order valence-corrected chi connectivity index (χ1v) is 6.16. The Morgan fingerprint density at radius 1 is 0.786 bits per heavy atom. The molecule has 0 aromatic carbocycles. The van der Waals surface area contributed by atoms with Crippen molar-refractivity contribution in [2.45, 2.75) is 67.7 Å². The van der Waals surface area contributed by atoms with Crippen LogP contribution in [0.4, 0.5) is 0 Å². The molecule has 0 radical (unpaired) electrons. The molecular formula is C13H33N. The molecule has 0 heterocycles. The van der Waals surface area contributed by atoms with E-state index in [1.54, 1.807) is 0 Å². The summed E-state index contributed by atoms with van der Waals surface area (Å²) >= 11 is 0. The van der Waals surface area contributed by atoms with Crippen molar-refractivity contribution in [1.82, 2.24) is 0 Å². The third kappa shape index (κ3) is 58.4. The largest absolute Gasteiger partial charge is 0.330 e. The topological polar surface area (TPSA) is 26.0 Å². The molecule has 0 saturated carbocycles. The van der Waals surface area contributed by atoms with Gasteiger partial charge < -0.3 is 5.73 Å². The van der Waals surface area contributed by atoms with Crippen molar-refractivity contribution >= 4 is 0 Å². The van der Waals surface area contributed by atoms with Gasteiger partial charge in [-0.3, -0.25) is 0 Å². The summed E-state index contributed by atoms with van der Waals surface area (Å²) in [5.41, 5.74) is 5.17. The predicted molar refractivity (Wildman–Crippen MR) is 69.6 cm³/mol. The Balaban J connectivity index is -0.000000131. The van der Waals surface area contributed by atoms with Crippen LogP contribution >= 0.6 is 0 Å². The Labute approximate surface area is 92.5 Å². The van der Waals surface area contributed by atoms with E-state index in [9.17, 15) is 0 Å². The van der Waals surface area contributed by atoms with Gasteiger partial charge in [-0.25, -0.2) is 0 Å². The van der Waals surface area contributed by atoms with Crippen molar-refractivity contribution in [3.05, 3.63) is 0 Å². The lowest BCUT2D eigenvalue weighted by molar-refractivity contribution is 0.626. The summed E-state index contributed by atoms with van der Waals surface area (Å²) in [4.78, 5) is 0. The van der Waals surface area contributed by atoms with Crippen LogP contribution in [0, 0.1) is 11.8 Å². The van der Waals surface area contributed by atoms with Gasteiger partial charge >= 0.3 is 0 Å². The minimum Gasteiger partial charge on any atom is -0.330 e. The van der Waals surface area contributed by atoms with Crippen LogP contribution in [0.5, 0.6) is 0 Å². The standard InChI is InChI=1S/C5H12.C4H11N.C4H10/c1-4-5(2)3;1-4(2)3-5;1-3-4-2/h5H,4H2,1-3H3;4H,3,5H2,1-2H3;3-4H2,1-2H3. The van der Waals surface area contributed by atoms with E-state index in [4.69, 9.17) is 5.73 Å². The van der Waals surface area contributed by atoms with Crippen LogP contribution in [0.25, 0.3) is 0 Å². The first-order valence-electron chi connectivity index (χ1n) is 6.16. The number of rotatable bonds is 3. The summed E-state index contributed by atoms with van der Waals surface area (Å²) in [5, 5.41) is 0. The first-order chi connectivity index (χ1) is 6.45. The van der Waals surface area contributed by atoms with Crippen molar-refractivity contribution in [2.75, 3.05) is 6.54 Å². The molecule has 1 nitrogen and oxygen atoms in total. The van der Waals surface area contributed by atoms with Crippen molar-refractivity contribution < 1.29 is 0 Å². The summed E-state index contributed by atoms with van der Waals surface area (Å²) < 4.78 is 0. The highest BCUT2D eigenvalue weighted by molar-refractivity contribution is 4.38. The maximum Gasteiger partial charge on any atom is -0.00541 e. The molecule has 0 aliphatic heterocycles. The fraction of sp³-hybridized carbons (Fsp3) is 1.00. The van der Waals surface area contributed by atoms with Gasteiger partial charge in [-0.2, -0.15) is 0 Å². The van der Waals surface area contributed by atoms with Gasteiger partial charge in [0.05, 0.1) is 0 Å². The fourth-order valence-electron chi connectivity index (χ4n) is 0. The van der Waals surface area contributed by atoms with Crippen molar-refractivity contribution in [3.63, 3.8) is 0 Å². The van der Waals surface area contributed by atoms with Gasteiger partial charge in [-0.1, -0.05) is 67.7 Å². The second-order valence-electron chi connectivity index (χ2n) is 4.43. The van der Waals surface area contributed by atoms with E-state index < -0.39 is 0 Å². The average molecular weight is 203 g/mol. The Bertz CT molecular complexity index is 57.6. The molecule has 0 aromatic rings. The minimum absolute atomic E-state index is 0.662. The Morgan fingerprint density at radius 3 is 1.00 bits per heavy atom. The monoisotopic (exact) mass is 203 g/mol.